The molecule has 0 atom stereocenters. The van der Waals surface area contributed by atoms with Crippen LogP contribution in [0.3, 0.4) is 0 Å². The molecule has 0 aliphatic carbocycles. The van der Waals surface area contributed by atoms with Gasteiger partial charge in [0.15, 0.2) is 0 Å². The fourth-order valence-electron chi connectivity index (χ4n) is 1.46. The average molecular weight is 223 g/mol. The smallest absolute Gasteiger partial charge is 0.221 e. The summed E-state index contributed by atoms with van der Waals surface area (Å²) in [7, 11) is 0. The summed E-state index contributed by atoms with van der Waals surface area (Å²) in [5.41, 5.74) is 3.63. The Labute approximate surface area is 97.5 Å². The summed E-state index contributed by atoms with van der Waals surface area (Å²) >= 11 is 0. The molecule has 0 spiro atoms. The van der Waals surface area contributed by atoms with Crippen molar-refractivity contribution in [3.8, 4) is 0 Å². The van der Waals surface area contributed by atoms with Crippen molar-refractivity contribution in [3.63, 3.8) is 0 Å². The molecule has 3 heteroatoms. The predicted molar refractivity (Wildman–Crippen MR) is 67.5 cm³/mol. The van der Waals surface area contributed by atoms with Crippen LogP contribution in [0.15, 0.2) is 12.1 Å². The van der Waals surface area contributed by atoms with Crippen LogP contribution in [-0.2, 0) is 11.4 Å². The van der Waals surface area contributed by atoms with Crippen LogP contribution in [0.25, 0.3) is 0 Å². The summed E-state index contributed by atoms with van der Waals surface area (Å²) in [6.07, 6.45) is 0. The Morgan fingerprint density at radius 3 is 2.31 bits per heavy atom. The Morgan fingerprint density at radius 2 is 1.88 bits per heavy atom. The van der Waals surface area contributed by atoms with Gasteiger partial charge in [0.25, 0.3) is 0 Å². The molecule has 0 bridgehead atoms. The van der Waals surface area contributed by atoms with Crippen LogP contribution in [0, 0.1) is 13.8 Å². The molecule has 0 radical (unpaired) electrons. The first-order valence-corrected chi connectivity index (χ1v) is 5.53. The minimum absolute atomic E-state index is 0.00505. The van der Waals surface area contributed by atoms with E-state index >= 15 is 0 Å². The molecule has 2 N–H and O–H groups in total. The second kappa shape index (κ2) is 7.01. The fourth-order valence-corrected chi connectivity index (χ4v) is 1.46. The van der Waals surface area contributed by atoms with Crippen LogP contribution >= 0.6 is 0 Å². The Hall–Kier alpha value is -1.35. The van der Waals surface area contributed by atoms with Gasteiger partial charge in [0.05, 0.1) is 6.61 Å². The minimum atomic E-state index is -0.0964. The molecule has 0 saturated carbocycles. The van der Waals surface area contributed by atoms with Crippen molar-refractivity contribution in [1.82, 2.24) is 0 Å². The molecule has 1 amide bonds. The van der Waals surface area contributed by atoms with Gasteiger partial charge in [0.2, 0.25) is 5.91 Å². The van der Waals surface area contributed by atoms with E-state index in [9.17, 15) is 4.79 Å². The van der Waals surface area contributed by atoms with Crippen LogP contribution in [-0.4, -0.2) is 11.0 Å². The maximum Gasteiger partial charge on any atom is 0.221 e. The summed E-state index contributed by atoms with van der Waals surface area (Å²) in [5.74, 6) is -0.0964. The summed E-state index contributed by atoms with van der Waals surface area (Å²) in [4.78, 5) is 10.9. The fraction of sp³-hybridized carbons (Fsp3) is 0.462. The number of hydrogen-bond donors (Lipinski definition) is 2. The van der Waals surface area contributed by atoms with E-state index in [4.69, 9.17) is 5.11 Å². The van der Waals surface area contributed by atoms with Gasteiger partial charge >= 0.3 is 0 Å². The largest absolute Gasteiger partial charge is 0.392 e. The van der Waals surface area contributed by atoms with E-state index in [1.807, 2.05) is 39.8 Å². The van der Waals surface area contributed by atoms with Crippen LogP contribution < -0.4 is 5.32 Å². The Bertz CT molecular complexity index is 359. The van der Waals surface area contributed by atoms with Gasteiger partial charge in [-0.1, -0.05) is 19.9 Å². The summed E-state index contributed by atoms with van der Waals surface area (Å²) in [5, 5.41) is 11.9. The molecule has 1 rings (SSSR count). The van der Waals surface area contributed by atoms with Gasteiger partial charge in [-0.15, -0.1) is 0 Å². The number of carbonyl (C=O) groups is 1. The first-order chi connectivity index (χ1) is 7.56. The van der Waals surface area contributed by atoms with Crippen LogP contribution in [0.5, 0.6) is 0 Å². The van der Waals surface area contributed by atoms with Gasteiger partial charge in [0.1, 0.15) is 0 Å². The number of anilines is 1. The van der Waals surface area contributed by atoms with Crippen LogP contribution in [0.2, 0.25) is 0 Å². The monoisotopic (exact) mass is 223 g/mol. The molecule has 0 aromatic heterocycles. The third-order valence-corrected chi connectivity index (χ3v) is 2.30. The number of carbonyl (C=O) groups excluding carboxylic acids is 1. The molecule has 0 aliphatic rings. The molecular weight excluding hydrogens is 202 g/mol. The highest BCUT2D eigenvalue weighted by molar-refractivity contribution is 5.89. The maximum absolute atomic E-state index is 10.9. The molecule has 90 valence electrons. The lowest BCUT2D eigenvalue weighted by atomic mass is 10.0. The molecule has 0 heterocycles. The first-order valence-electron chi connectivity index (χ1n) is 5.53. The van der Waals surface area contributed by atoms with Gasteiger partial charge in [-0.3, -0.25) is 4.79 Å². The lowest BCUT2D eigenvalue weighted by molar-refractivity contribution is -0.114. The van der Waals surface area contributed by atoms with E-state index in [2.05, 4.69) is 5.32 Å². The predicted octanol–water partition coefficient (Wildman–Crippen LogP) is 2.78. The Morgan fingerprint density at radius 1 is 1.31 bits per heavy atom. The van der Waals surface area contributed by atoms with E-state index in [1.54, 1.807) is 0 Å². The van der Waals surface area contributed by atoms with E-state index in [0.29, 0.717) is 0 Å². The number of amides is 1. The van der Waals surface area contributed by atoms with Crippen molar-refractivity contribution in [2.45, 2.75) is 41.2 Å². The number of hydrogen-bond acceptors (Lipinski definition) is 2. The molecule has 0 saturated heterocycles. The van der Waals surface area contributed by atoms with Crippen molar-refractivity contribution < 1.29 is 9.90 Å². The maximum atomic E-state index is 10.9. The van der Waals surface area contributed by atoms with Crippen molar-refractivity contribution in [1.29, 1.82) is 0 Å². The zero-order valence-corrected chi connectivity index (χ0v) is 10.7. The van der Waals surface area contributed by atoms with Crippen molar-refractivity contribution >= 4 is 11.6 Å². The van der Waals surface area contributed by atoms with E-state index in [-0.39, 0.29) is 12.5 Å². The molecule has 1 aromatic rings. The van der Waals surface area contributed by atoms with E-state index < -0.39 is 0 Å². The van der Waals surface area contributed by atoms with Crippen molar-refractivity contribution in [2.75, 3.05) is 5.32 Å². The quantitative estimate of drug-likeness (QED) is 0.810. The average Bonchev–Trinajstić information content (AvgIpc) is 2.26. The van der Waals surface area contributed by atoms with Gasteiger partial charge in [-0.2, -0.15) is 0 Å². The third-order valence-electron chi connectivity index (χ3n) is 2.30. The first kappa shape index (κ1) is 14.6. The highest BCUT2D eigenvalue weighted by Crippen LogP contribution is 2.22. The second-order valence-electron chi connectivity index (χ2n) is 3.37. The second-order valence-corrected chi connectivity index (χ2v) is 3.37. The molecular formula is C13H21NO2. The van der Waals surface area contributed by atoms with Gasteiger partial charge in [-0.25, -0.2) is 0 Å². The normalized spacial score (nSPS) is 9.12. The third kappa shape index (κ3) is 3.66. The summed E-state index contributed by atoms with van der Waals surface area (Å²) in [6.45, 7) is 9.31. The van der Waals surface area contributed by atoms with E-state index in [0.717, 1.165) is 22.4 Å². The van der Waals surface area contributed by atoms with E-state index in [1.165, 1.54) is 6.92 Å². The molecule has 16 heavy (non-hydrogen) atoms. The van der Waals surface area contributed by atoms with Gasteiger partial charge in [0, 0.05) is 12.6 Å². The number of rotatable bonds is 2. The zero-order valence-electron chi connectivity index (χ0n) is 10.7. The summed E-state index contributed by atoms with van der Waals surface area (Å²) in [6, 6.07) is 3.75. The number of benzene rings is 1. The standard InChI is InChI=1S/C11H15NO2.C2H6/c1-7-4-5-11(12-9(3)14)8(2)10(7)6-13;1-2/h4-5,13H,6H2,1-3H3,(H,12,14);1-2H3. The molecule has 0 fully saturated rings. The Balaban J connectivity index is 0.00000106. The van der Waals surface area contributed by atoms with Crippen LogP contribution in [0.4, 0.5) is 5.69 Å². The number of aryl methyl sites for hydroxylation is 1. The topological polar surface area (TPSA) is 49.3 Å². The zero-order chi connectivity index (χ0) is 12.7. The van der Waals surface area contributed by atoms with Crippen molar-refractivity contribution in [3.05, 3.63) is 28.8 Å². The summed E-state index contributed by atoms with van der Waals surface area (Å²) < 4.78 is 0. The SMILES string of the molecule is CC.CC(=O)Nc1ccc(C)c(CO)c1C. The Kier molecular flexibility index (Phi) is 6.42. The van der Waals surface area contributed by atoms with Gasteiger partial charge in [-0.05, 0) is 36.6 Å². The van der Waals surface area contributed by atoms with Gasteiger partial charge < -0.3 is 10.4 Å². The van der Waals surface area contributed by atoms with Crippen molar-refractivity contribution in [2.24, 2.45) is 0 Å². The highest BCUT2D eigenvalue weighted by Gasteiger charge is 2.06. The highest BCUT2D eigenvalue weighted by atomic mass is 16.3. The number of aliphatic hydroxyl groups excluding tert-OH is 1. The lowest BCUT2D eigenvalue weighted by Crippen LogP contribution is -2.08. The lowest BCUT2D eigenvalue weighted by Gasteiger charge is -2.12. The molecule has 1 aromatic carbocycles. The number of aliphatic hydroxyl groups is 1. The minimum Gasteiger partial charge on any atom is -0.392 e. The van der Waals surface area contributed by atoms with Crippen LogP contribution in [0.1, 0.15) is 37.5 Å². The number of nitrogens with one attached hydrogen (secondary N) is 1. The molecule has 3 nitrogen and oxygen atoms in total. The molecule has 0 unspecified atom stereocenters. The molecule has 0 aliphatic heterocycles.